The number of sulfonamides is 1. The zero-order chi connectivity index (χ0) is 16.0. The minimum absolute atomic E-state index is 0.174. The predicted octanol–water partition coefficient (Wildman–Crippen LogP) is 2.71. The second-order valence-electron chi connectivity index (χ2n) is 4.64. The van der Waals surface area contributed by atoms with Gasteiger partial charge in [0.2, 0.25) is 0 Å². The summed E-state index contributed by atoms with van der Waals surface area (Å²) in [4.78, 5) is 2.37. The Bertz CT molecular complexity index is 753. The molecule has 0 aliphatic carbocycles. The minimum atomic E-state index is -3.66. The van der Waals surface area contributed by atoms with Crippen molar-refractivity contribution in [1.82, 2.24) is 4.83 Å². The van der Waals surface area contributed by atoms with Gasteiger partial charge in [0, 0.05) is 5.56 Å². The van der Waals surface area contributed by atoms with Crippen LogP contribution in [-0.2, 0) is 10.0 Å². The lowest BCUT2D eigenvalue weighted by Crippen LogP contribution is -2.18. The number of ether oxygens (including phenoxy) is 1. The van der Waals surface area contributed by atoms with Gasteiger partial charge in [-0.2, -0.15) is 13.5 Å². The van der Waals surface area contributed by atoms with Crippen LogP contribution in [0.25, 0.3) is 0 Å². The summed E-state index contributed by atoms with van der Waals surface area (Å²) in [6.45, 7) is 4.31. The molecule has 0 aliphatic heterocycles. The minimum Gasteiger partial charge on any atom is -0.493 e. The number of hydrogen-bond acceptors (Lipinski definition) is 4. The van der Waals surface area contributed by atoms with Crippen molar-refractivity contribution >= 4 is 16.2 Å². The van der Waals surface area contributed by atoms with E-state index in [0.29, 0.717) is 17.9 Å². The zero-order valence-corrected chi connectivity index (χ0v) is 13.3. The standard InChI is InChI=1S/C16H18N2O3S/c1-3-21-16-7-5-4-6-14(16)12-17-18-22(19,20)15-10-8-13(2)9-11-15/h4-12,18H,3H2,1-2H3/b17-12+. The molecule has 0 spiro atoms. The Hall–Kier alpha value is -2.34. The lowest BCUT2D eigenvalue weighted by Gasteiger charge is -2.06. The molecule has 2 aromatic rings. The summed E-state index contributed by atoms with van der Waals surface area (Å²) in [5, 5.41) is 3.81. The fraction of sp³-hybridized carbons (Fsp3) is 0.188. The second kappa shape index (κ2) is 7.09. The first-order valence-electron chi connectivity index (χ1n) is 6.86. The van der Waals surface area contributed by atoms with Crippen molar-refractivity contribution in [1.29, 1.82) is 0 Å². The molecule has 5 nitrogen and oxygen atoms in total. The molecular weight excluding hydrogens is 300 g/mol. The van der Waals surface area contributed by atoms with Crippen LogP contribution in [0.5, 0.6) is 5.75 Å². The molecule has 0 bridgehead atoms. The van der Waals surface area contributed by atoms with Gasteiger partial charge in [0.1, 0.15) is 5.75 Å². The van der Waals surface area contributed by atoms with Crippen LogP contribution in [0.2, 0.25) is 0 Å². The molecule has 6 heteroatoms. The van der Waals surface area contributed by atoms with Gasteiger partial charge >= 0.3 is 0 Å². The van der Waals surface area contributed by atoms with Crippen LogP contribution in [0, 0.1) is 6.92 Å². The third-order valence-corrected chi connectivity index (χ3v) is 4.17. The van der Waals surface area contributed by atoms with Crippen molar-refractivity contribution in [2.24, 2.45) is 5.10 Å². The van der Waals surface area contributed by atoms with E-state index in [2.05, 4.69) is 9.93 Å². The lowest BCUT2D eigenvalue weighted by atomic mass is 10.2. The molecule has 0 unspecified atom stereocenters. The third-order valence-electron chi connectivity index (χ3n) is 2.93. The molecule has 0 heterocycles. The van der Waals surface area contributed by atoms with E-state index in [9.17, 15) is 8.42 Å². The van der Waals surface area contributed by atoms with Crippen LogP contribution in [0.4, 0.5) is 0 Å². The molecule has 0 radical (unpaired) electrons. The van der Waals surface area contributed by atoms with Crippen molar-refractivity contribution in [2.75, 3.05) is 6.61 Å². The van der Waals surface area contributed by atoms with Gasteiger partial charge in [0.25, 0.3) is 10.0 Å². The Morgan fingerprint density at radius 2 is 1.82 bits per heavy atom. The maximum absolute atomic E-state index is 12.1. The van der Waals surface area contributed by atoms with E-state index in [1.165, 1.54) is 6.21 Å². The number of rotatable bonds is 6. The van der Waals surface area contributed by atoms with Crippen LogP contribution < -0.4 is 9.57 Å². The Kier molecular flexibility index (Phi) is 5.16. The predicted molar refractivity (Wildman–Crippen MR) is 86.7 cm³/mol. The average Bonchev–Trinajstić information content (AvgIpc) is 2.49. The van der Waals surface area contributed by atoms with Gasteiger partial charge in [-0.1, -0.05) is 29.8 Å². The van der Waals surface area contributed by atoms with E-state index in [1.54, 1.807) is 36.4 Å². The van der Waals surface area contributed by atoms with Gasteiger partial charge in [0.15, 0.2) is 0 Å². The van der Waals surface area contributed by atoms with Crippen LogP contribution in [-0.4, -0.2) is 21.2 Å². The number of para-hydroxylation sites is 1. The highest BCUT2D eigenvalue weighted by Crippen LogP contribution is 2.15. The monoisotopic (exact) mass is 318 g/mol. The normalized spacial score (nSPS) is 11.5. The van der Waals surface area contributed by atoms with Gasteiger partial charge in [0.05, 0.1) is 17.7 Å². The first kappa shape index (κ1) is 16.0. The quantitative estimate of drug-likeness (QED) is 0.658. The van der Waals surface area contributed by atoms with Gasteiger partial charge in [-0.3, -0.25) is 0 Å². The fourth-order valence-corrected chi connectivity index (χ4v) is 2.60. The molecule has 2 aromatic carbocycles. The highest BCUT2D eigenvalue weighted by Gasteiger charge is 2.11. The van der Waals surface area contributed by atoms with E-state index in [-0.39, 0.29) is 4.90 Å². The Labute approximate surface area is 130 Å². The van der Waals surface area contributed by atoms with Crippen molar-refractivity contribution in [2.45, 2.75) is 18.7 Å². The lowest BCUT2D eigenvalue weighted by molar-refractivity contribution is 0.340. The van der Waals surface area contributed by atoms with Crippen LogP contribution in [0.15, 0.2) is 58.5 Å². The summed E-state index contributed by atoms with van der Waals surface area (Å²) in [5.74, 6) is 0.656. The number of nitrogens with zero attached hydrogens (tertiary/aromatic N) is 1. The molecule has 0 aromatic heterocycles. The van der Waals surface area contributed by atoms with E-state index in [4.69, 9.17) is 4.74 Å². The van der Waals surface area contributed by atoms with E-state index < -0.39 is 10.0 Å². The average molecular weight is 318 g/mol. The Morgan fingerprint density at radius 1 is 1.14 bits per heavy atom. The van der Waals surface area contributed by atoms with Crippen molar-refractivity contribution in [3.8, 4) is 5.75 Å². The summed E-state index contributed by atoms with van der Waals surface area (Å²) in [5.41, 5.74) is 1.70. The highest BCUT2D eigenvalue weighted by atomic mass is 32.2. The van der Waals surface area contributed by atoms with E-state index in [1.807, 2.05) is 26.0 Å². The molecule has 0 fully saturated rings. The molecule has 1 N–H and O–H groups in total. The van der Waals surface area contributed by atoms with Crippen molar-refractivity contribution in [3.05, 3.63) is 59.7 Å². The first-order chi connectivity index (χ1) is 10.5. The number of benzene rings is 2. The summed E-state index contributed by atoms with van der Waals surface area (Å²) >= 11 is 0. The number of hydrazone groups is 1. The number of hydrogen-bond donors (Lipinski definition) is 1. The van der Waals surface area contributed by atoms with Crippen molar-refractivity contribution < 1.29 is 13.2 Å². The van der Waals surface area contributed by atoms with Gasteiger partial charge < -0.3 is 4.74 Å². The number of nitrogens with one attached hydrogen (secondary N) is 1. The summed E-state index contributed by atoms with van der Waals surface area (Å²) in [6, 6.07) is 13.8. The highest BCUT2D eigenvalue weighted by molar-refractivity contribution is 7.89. The molecule has 0 saturated heterocycles. The Balaban J connectivity index is 2.13. The zero-order valence-electron chi connectivity index (χ0n) is 12.5. The maximum atomic E-state index is 12.1. The second-order valence-corrected chi connectivity index (χ2v) is 6.30. The maximum Gasteiger partial charge on any atom is 0.276 e. The van der Waals surface area contributed by atoms with E-state index >= 15 is 0 Å². The molecule has 2 rings (SSSR count). The van der Waals surface area contributed by atoms with Gasteiger partial charge in [-0.15, -0.1) is 0 Å². The van der Waals surface area contributed by atoms with Crippen LogP contribution in [0.3, 0.4) is 0 Å². The van der Waals surface area contributed by atoms with Gasteiger partial charge in [-0.05, 0) is 38.1 Å². The number of aryl methyl sites for hydroxylation is 1. The molecule has 116 valence electrons. The van der Waals surface area contributed by atoms with Crippen LogP contribution >= 0.6 is 0 Å². The summed E-state index contributed by atoms with van der Waals surface area (Å²) < 4.78 is 29.6. The molecule has 0 aliphatic rings. The molecule has 0 atom stereocenters. The molecule has 0 saturated carbocycles. The molecule has 22 heavy (non-hydrogen) atoms. The van der Waals surface area contributed by atoms with E-state index in [0.717, 1.165) is 5.56 Å². The Morgan fingerprint density at radius 3 is 2.50 bits per heavy atom. The largest absolute Gasteiger partial charge is 0.493 e. The first-order valence-corrected chi connectivity index (χ1v) is 8.34. The van der Waals surface area contributed by atoms with Gasteiger partial charge in [-0.25, -0.2) is 4.83 Å². The third kappa shape index (κ3) is 4.08. The fourth-order valence-electron chi connectivity index (χ4n) is 1.81. The summed E-state index contributed by atoms with van der Waals surface area (Å²) in [6.07, 6.45) is 1.43. The topological polar surface area (TPSA) is 67.8 Å². The smallest absolute Gasteiger partial charge is 0.276 e. The van der Waals surface area contributed by atoms with Crippen LogP contribution in [0.1, 0.15) is 18.1 Å². The molecule has 0 amide bonds. The summed E-state index contributed by atoms with van der Waals surface area (Å²) in [7, 11) is -3.66. The van der Waals surface area contributed by atoms with Crippen molar-refractivity contribution in [3.63, 3.8) is 0 Å². The SMILES string of the molecule is CCOc1ccccc1/C=N/NS(=O)(=O)c1ccc(C)cc1. The molecular formula is C16H18N2O3S.